The van der Waals surface area contributed by atoms with Gasteiger partial charge in [0.2, 0.25) is 11.5 Å². The van der Waals surface area contributed by atoms with E-state index < -0.39 is 0 Å². The molecule has 1 aliphatic rings. The highest BCUT2D eigenvalue weighted by Gasteiger charge is 2.35. The molecular formula is C18H22ClN6+. The predicted octanol–water partition coefficient (Wildman–Crippen LogP) is 3.33. The number of fused-ring (bicyclic) bond motifs is 1. The van der Waals surface area contributed by atoms with Crippen molar-refractivity contribution in [1.82, 2.24) is 24.6 Å². The van der Waals surface area contributed by atoms with Crippen LogP contribution >= 0.6 is 11.6 Å². The molecule has 1 aromatic carbocycles. The topological polar surface area (TPSA) is 80.5 Å². The molecule has 0 radical (unpaired) electrons. The van der Waals surface area contributed by atoms with Crippen molar-refractivity contribution in [3.05, 3.63) is 35.5 Å². The average molecular weight is 358 g/mol. The number of nitrogens with two attached hydrogens (primary N) is 1. The SMILES string of the molecule is CC1CC[N+](CN)(c2cnc3c(-c4ccccc4Cl)[nH]nc3n2)CC1. The first-order valence-electron chi connectivity index (χ1n) is 8.66. The number of hydrogen-bond acceptors (Lipinski definition) is 4. The van der Waals surface area contributed by atoms with E-state index in [1.165, 1.54) is 0 Å². The first-order chi connectivity index (χ1) is 12.1. The number of hydrogen-bond donors (Lipinski definition) is 2. The smallest absolute Gasteiger partial charge is 0.249 e. The van der Waals surface area contributed by atoms with Crippen LogP contribution in [0.3, 0.4) is 0 Å². The zero-order valence-electron chi connectivity index (χ0n) is 14.2. The number of quaternary nitrogens is 1. The Labute approximate surface area is 151 Å². The zero-order chi connectivity index (χ0) is 17.4. The van der Waals surface area contributed by atoms with Crippen molar-refractivity contribution in [2.24, 2.45) is 11.7 Å². The fourth-order valence-corrected chi connectivity index (χ4v) is 3.79. The Morgan fingerprint density at radius 2 is 2.04 bits per heavy atom. The molecule has 1 fully saturated rings. The summed E-state index contributed by atoms with van der Waals surface area (Å²) in [5.41, 5.74) is 9.15. The molecule has 0 bridgehead atoms. The third-order valence-corrected chi connectivity index (χ3v) is 5.66. The molecule has 0 saturated carbocycles. The molecule has 0 atom stereocenters. The normalized spacial score (nSPS) is 23.9. The maximum Gasteiger partial charge on any atom is 0.249 e. The molecule has 3 N–H and O–H groups in total. The summed E-state index contributed by atoms with van der Waals surface area (Å²) >= 11 is 6.31. The Morgan fingerprint density at radius 3 is 2.76 bits per heavy atom. The summed E-state index contributed by atoms with van der Waals surface area (Å²) < 4.78 is 0.682. The van der Waals surface area contributed by atoms with Crippen LogP contribution in [0.1, 0.15) is 19.8 Å². The fraction of sp³-hybridized carbons (Fsp3) is 0.389. The number of benzene rings is 1. The van der Waals surface area contributed by atoms with Crippen LogP contribution in [0.5, 0.6) is 0 Å². The highest BCUT2D eigenvalue weighted by atomic mass is 35.5. The number of aromatic amines is 1. The number of H-pyrrole nitrogens is 1. The van der Waals surface area contributed by atoms with E-state index in [9.17, 15) is 0 Å². The van der Waals surface area contributed by atoms with Crippen LogP contribution in [0.4, 0.5) is 5.82 Å². The van der Waals surface area contributed by atoms with Gasteiger partial charge in [-0.2, -0.15) is 10.1 Å². The first-order valence-corrected chi connectivity index (χ1v) is 9.03. The van der Waals surface area contributed by atoms with E-state index in [1.54, 1.807) is 0 Å². The fourth-order valence-electron chi connectivity index (χ4n) is 3.56. The largest absolute Gasteiger partial charge is 0.284 e. The van der Waals surface area contributed by atoms with Crippen LogP contribution in [0, 0.1) is 5.92 Å². The third-order valence-electron chi connectivity index (χ3n) is 5.33. The van der Waals surface area contributed by atoms with Crippen LogP contribution in [0.2, 0.25) is 5.02 Å². The minimum atomic E-state index is 0.536. The minimum Gasteiger partial charge on any atom is -0.284 e. The summed E-state index contributed by atoms with van der Waals surface area (Å²) in [5, 5.41) is 8.07. The van der Waals surface area contributed by atoms with Crippen molar-refractivity contribution in [3.8, 4) is 11.3 Å². The molecule has 0 spiro atoms. The molecule has 0 amide bonds. The highest BCUT2D eigenvalue weighted by molar-refractivity contribution is 6.33. The Bertz CT molecular complexity index is 897. The molecule has 4 rings (SSSR count). The minimum absolute atomic E-state index is 0.536. The lowest BCUT2D eigenvalue weighted by molar-refractivity contribution is 0.193. The second-order valence-corrected chi connectivity index (χ2v) is 7.34. The van der Waals surface area contributed by atoms with Gasteiger partial charge < -0.3 is 0 Å². The summed E-state index contributed by atoms with van der Waals surface area (Å²) in [6, 6.07) is 7.65. The molecule has 0 aliphatic carbocycles. The Hall–Kier alpha value is -2.02. The van der Waals surface area contributed by atoms with Crippen molar-refractivity contribution in [2.75, 3.05) is 19.8 Å². The number of halogens is 1. The van der Waals surface area contributed by atoms with Crippen LogP contribution in [-0.2, 0) is 0 Å². The monoisotopic (exact) mass is 357 g/mol. The van der Waals surface area contributed by atoms with E-state index in [-0.39, 0.29) is 0 Å². The molecule has 1 saturated heterocycles. The van der Waals surface area contributed by atoms with E-state index in [4.69, 9.17) is 22.3 Å². The van der Waals surface area contributed by atoms with Crippen molar-refractivity contribution >= 4 is 28.6 Å². The van der Waals surface area contributed by atoms with Gasteiger partial charge in [-0.15, -0.1) is 0 Å². The maximum atomic E-state index is 6.31. The van der Waals surface area contributed by atoms with E-state index in [0.29, 0.717) is 21.8 Å². The summed E-state index contributed by atoms with van der Waals surface area (Å²) in [6.45, 7) is 4.83. The summed E-state index contributed by atoms with van der Waals surface area (Å²) in [7, 11) is 0. The second kappa shape index (κ2) is 6.37. The number of nitrogens with one attached hydrogen (secondary N) is 1. The summed E-state index contributed by atoms with van der Waals surface area (Å²) in [6.07, 6.45) is 4.16. The molecule has 3 heterocycles. The number of likely N-dealkylation sites (tertiary alicyclic amines) is 1. The van der Waals surface area contributed by atoms with Crippen molar-refractivity contribution in [2.45, 2.75) is 19.8 Å². The lowest BCUT2D eigenvalue weighted by atomic mass is 9.97. The third kappa shape index (κ3) is 2.80. The van der Waals surface area contributed by atoms with Gasteiger partial charge in [0.05, 0.1) is 23.8 Å². The Morgan fingerprint density at radius 1 is 1.28 bits per heavy atom. The Balaban J connectivity index is 1.76. The highest BCUT2D eigenvalue weighted by Crippen LogP contribution is 2.33. The molecule has 2 aromatic heterocycles. The standard InChI is InChI=1S/C18H22ClN6/c1-12-6-8-25(11-20,9-7-12)15-10-21-17-16(23-24-18(17)22-15)13-4-2-3-5-14(13)19/h2-5,10,12H,6-9,11,20H2,1H3,(H,22,23,24)/q+1. The number of piperidine rings is 1. The molecule has 7 heteroatoms. The van der Waals surface area contributed by atoms with Crippen LogP contribution in [0.25, 0.3) is 22.4 Å². The van der Waals surface area contributed by atoms with Crippen LogP contribution in [-0.4, -0.2) is 39.9 Å². The molecule has 25 heavy (non-hydrogen) atoms. The lowest BCUT2D eigenvalue weighted by Crippen LogP contribution is -2.57. The Kier molecular flexibility index (Phi) is 4.19. The van der Waals surface area contributed by atoms with E-state index >= 15 is 0 Å². The molecule has 130 valence electrons. The molecular weight excluding hydrogens is 336 g/mol. The molecule has 0 unspecified atom stereocenters. The zero-order valence-corrected chi connectivity index (χ0v) is 15.0. The van der Waals surface area contributed by atoms with Gasteiger partial charge >= 0.3 is 0 Å². The van der Waals surface area contributed by atoms with E-state index in [2.05, 4.69) is 22.1 Å². The van der Waals surface area contributed by atoms with Gasteiger partial charge in [-0.3, -0.25) is 15.3 Å². The van der Waals surface area contributed by atoms with Crippen LogP contribution in [0.15, 0.2) is 30.5 Å². The maximum absolute atomic E-state index is 6.31. The lowest BCUT2D eigenvalue weighted by Gasteiger charge is -2.40. The van der Waals surface area contributed by atoms with Gasteiger partial charge in [0.15, 0.2) is 0 Å². The van der Waals surface area contributed by atoms with Crippen LogP contribution < -0.4 is 10.2 Å². The van der Waals surface area contributed by atoms with Crippen molar-refractivity contribution < 1.29 is 0 Å². The van der Waals surface area contributed by atoms with Gasteiger partial charge in [-0.25, -0.2) is 4.98 Å². The van der Waals surface area contributed by atoms with Gasteiger partial charge in [0.25, 0.3) is 0 Å². The van der Waals surface area contributed by atoms with E-state index in [1.807, 2.05) is 30.5 Å². The summed E-state index contributed by atoms with van der Waals surface area (Å²) in [4.78, 5) is 9.45. The first kappa shape index (κ1) is 16.4. The second-order valence-electron chi connectivity index (χ2n) is 6.94. The molecule has 6 nitrogen and oxygen atoms in total. The number of rotatable bonds is 3. The van der Waals surface area contributed by atoms with Gasteiger partial charge in [-0.05, 0) is 24.8 Å². The number of nitrogens with zero attached hydrogens (tertiary/aromatic N) is 4. The summed E-state index contributed by atoms with van der Waals surface area (Å²) in [5.74, 6) is 1.64. The average Bonchev–Trinajstić information content (AvgIpc) is 3.06. The van der Waals surface area contributed by atoms with E-state index in [0.717, 1.165) is 54.4 Å². The molecule has 1 aliphatic heterocycles. The van der Waals surface area contributed by atoms with Gasteiger partial charge in [-0.1, -0.05) is 36.7 Å². The number of aromatic nitrogens is 4. The quantitative estimate of drug-likeness (QED) is 0.704. The molecule has 3 aromatic rings. The van der Waals surface area contributed by atoms with Crippen molar-refractivity contribution in [1.29, 1.82) is 0 Å². The van der Waals surface area contributed by atoms with Gasteiger partial charge in [0, 0.05) is 5.56 Å². The van der Waals surface area contributed by atoms with Gasteiger partial charge in [0.1, 0.15) is 18.4 Å². The predicted molar refractivity (Wildman–Crippen MR) is 101 cm³/mol. The van der Waals surface area contributed by atoms with Crippen molar-refractivity contribution in [3.63, 3.8) is 0 Å².